The number of hydrogen-bond acceptors (Lipinski definition) is 4. The van der Waals surface area contributed by atoms with Gasteiger partial charge >= 0.3 is 0 Å². The Bertz CT molecular complexity index is 495. The van der Waals surface area contributed by atoms with E-state index in [-0.39, 0.29) is 17.2 Å². The van der Waals surface area contributed by atoms with Gasteiger partial charge in [0.25, 0.3) is 0 Å². The smallest absolute Gasteiger partial charge is 0.124 e. The first-order valence-electron chi connectivity index (χ1n) is 7.68. The Labute approximate surface area is 126 Å². The molecule has 1 saturated heterocycles. The maximum absolute atomic E-state index is 6.08. The summed E-state index contributed by atoms with van der Waals surface area (Å²) >= 11 is 0. The molecule has 4 nitrogen and oxygen atoms in total. The van der Waals surface area contributed by atoms with Crippen LogP contribution in [0.3, 0.4) is 0 Å². The van der Waals surface area contributed by atoms with Gasteiger partial charge in [-0.2, -0.15) is 0 Å². The summed E-state index contributed by atoms with van der Waals surface area (Å²) in [6, 6.07) is 8.58. The zero-order valence-electron chi connectivity index (χ0n) is 13.1. The lowest BCUT2D eigenvalue weighted by molar-refractivity contribution is -0.0210. The van der Waals surface area contributed by atoms with Gasteiger partial charge in [0.1, 0.15) is 17.0 Å². The molecule has 1 aromatic carbocycles. The van der Waals surface area contributed by atoms with Crippen LogP contribution >= 0.6 is 0 Å². The van der Waals surface area contributed by atoms with Crippen molar-refractivity contribution >= 4 is 0 Å². The van der Waals surface area contributed by atoms with Gasteiger partial charge < -0.3 is 19.5 Å². The molecule has 4 heteroatoms. The molecular formula is C17H25NO3. The number of benzene rings is 1. The largest absolute Gasteiger partial charge is 0.487 e. The van der Waals surface area contributed by atoms with E-state index in [0.717, 1.165) is 31.7 Å². The molecule has 0 bridgehead atoms. The van der Waals surface area contributed by atoms with Gasteiger partial charge in [0, 0.05) is 44.7 Å². The van der Waals surface area contributed by atoms with E-state index in [1.807, 2.05) is 6.07 Å². The second-order valence-corrected chi connectivity index (χ2v) is 6.73. The Morgan fingerprint density at radius 2 is 2.14 bits per heavy atom. The van der Waals surface area contributed by atoms with Crippen molar-refractivity contribution in [3.8, 4) is 5.75 Å². The number of methoxy groups -OCH3 is 1. The van der Waals surface area contributed by atoms with E-state index in [2.05, 4.69) is 37.4 Å². The SMILES string of the molecule is COC1(CNC2CC(C)(C)Oc3ccccc32)CCOC1. The highest BCUT2D eigenvalue weighted by molar-refractivity contribution is 5.38. The average Bonchev–Trinajstić information content (AvgIpc) is 2.93. The molecule has 1 N–H and O–H groups in total. The van der Waals surface area contributed by atoms with Crippen molar-refractivity contribution in [2.24, 2.45) is 0 Å². The average molecular weight is 291 g/mol. The predicted molar refractivity (Wildman–Crippen MR) is 81.7 cm³/mol. The molecule has 2 atom stereocenters. The number of hydrogen-bond donors (Lipinski definition) is 1. The minimum atomic E-state index is -0.183. The summed E-state index contributed by atoms with van der Waals surface area (Å²) in [6.07, 6.45) is 1.90. The van der Waals surface area contributed by atoms with Gasteiger partial charge in [-0.3, -0.25) is 0 Å². The van der Waals surface area contributed by atoms with E-state index in [0.29, 0.717) is 6.61 Å². The summed E-state index contributed by atoms with van der Waals surface area (Å²) in [5.74, 6) is 0.986. The van der Waals surface area contributed by atoms with Crippen LogP contribution in [0.15, 0.2) is 24.3 Å². The molecule has 21 heavy (non-hydrogen) atoms. The highest BCUT2D eigenvalue weighted by Gasteiger charge is 2.38. The Morgan fingerprint density at radius 3 is 2.86 bits per heavy atom. The maximum Gasteiger partial charge on any atom is 0.124 e. The second kappa shape index (κ2) is 5.59. The van der Waals surface area contributed by atoms with Crippen LogP contribution in [0, 0.1) is 0 Å². The molecule has 3 rings (SSSR count). The number of nitrogens with one attached hydrogen (secondary N) is 1. The van der Waals surface area contributed by atoms with Crippen LogP contribution in [-0.4, -0.2) is 38.1 Å². The van der Waals surface area contributed by atoms with Gasteiger partial charge in [0.2, 0.25) is 0 Å². The predicted octanol–water partition coefficient (Wildman–Crippen LogP) is 2.68. The number of ether oxygens (including phenoxy) is 3. The van der Waals surface area contributed by atoms with Crippen LogP contribution in [0.5, 0.6) is 5.75 Å². The van der Waals surface area contributed by atoms with Gasteiger partial charge in [-0.15, -0.1) is 0 Å². The minimum absolute atomic E-state index is 0.154. The molecule has 116 valence electrons. The molecule has 0 saturated carbocycles. The molecule has 0 spiro atoms. The van der Waals surface area contributed by atoms with Gasteiger partial charge in [-0.05, 0) is 19.9 Å². The summed E-state index contributed by atoms with van der Waals surface area (Å²) in [5.41, 5.74) is 0.900. The highest BCUT2D eigenvalue weighted by atomic mass is 16.5. The van der Waals surface area contributed by atoms with E-state index < -0.39 is 0 Å². The third-order valence-electron chi connectivity index (χ3n) is 4.55. The van der Waals surface area contributed by atoms with Crippen LogP contribution < -0.4 is 10.1 Å². The Balaban J connectivity index is 1.75. The van der Waals surface area contributed by atoms with E-state index in [9.17, 15) is 0 Å². The van der Waals surface area contributed by atoms with Gasteiger partial charge in [-0.25, -0.2) is 0 Å². The van der Waals surface area contributed by atoms with Crippen LogP contribution in [0.1, 0.15) is 38.3 Å². The van der Waals surface area contributed by atoms with E-state index in [1.54, 1.807) is 7.11 Å². The van der Waals surface area contributed by atoms with Gasteiger partial charge in [0.15, 0.2) is 0 Å². The Morgan fingerprint density at radius 1 is 1.33 bits per heavy atom. The zero-order valence-corrected chi connectivity index (χ0v) is 13.1. The lowest BCUT2D eigenvalue weighted by Gasteiger charge is -2.39. The van der Waals surface area contributed by atoms with Crippen molar-refractivity contribution < 1.29 is 14.2 Å². The van der Waals surface area contributed by atoms with Crippen molar-refractivity contribution in [2.75, 3.05) is 26.9 Å². The fourth-order valence-electron chi connectivity index (χ4n) is 3.25. The van der Waals surface area contributed by atoms with E-state index in [4.69, 9.17) is 14.2 Å². The molecule has 2 unspecified atom stereocenters. The van der Waals surface area contributed by atoms with Crippen LogP contribution in [0.2, 0.25) is 0 Å². The highest BCUT2D eigenvalue weighted by Crippen LogP contribution is 2.39. The molecule has 2 heterocycles. The Hall–Kier alpha value is -1.10. The zero-order chi connectivity index (χ0) is 14.9. The summed E-state index contributed by atoms with van der Waals surface area (Å²) in [5, 5.41) is 3.68. The number of rotatable bonds is 4. The molecule has 0 aliphatic carbocycles. The maximum atomic E-state index is 6.08. The standard InChI is InChI=1S/C17H25NO3/c1-16(2)10-14(13-6-4-5-7-15(13)21-16)18-11-17(19-3)8-9-20-12-17/h4-7,14,18H,8-12H2,1-3H3. The number of para-hydroxylation sites is 1. The normalized spacial score (nSPS) is 30.7. The van der Waals surface area contributed by atoms with Gasteiger partial charge in [-0.1, -0.05) is 18.2 Å². The first-order chi connectivity index (χ1) is 10.0. The molecule has 2 aliphatic rings. The van der Waals surface area contributed by atoms with Crippen LogP contribution in [0.4, 0.5) is 0 Å². The second-order valence-electron chi connectivity index (χ2n) is 6.73. The Kier molecular flexibility index (Phi) is 3.95. The van der Waals surface area contributed by atoms with E-state index in [1.165, 1.54) is 5.56 Å². The molecule has 2 aliphatic heterocycles. The monoisotopic (exact) mass is 291 g/mol. The van der Waals surface area contributed by atoms with Crippen LogP contribution in [-0.2, 0) is 9.47 Å². The molecule has 0 amide bonds. The molecule has 1 aromatic rings. The first-order valence-corrected chi connectivity index (χ1v) is 7.68. The van der Waals surface area contributed by atoms with Crippen molar-refractivity contribution in [2.45, 2.75) is 43.9 Å². The van der Waals surface area contributed by atoms with Crippen molar-refractivity contribution in [3.63, 3.8) is 0 Å². The molecule has 0 aromatic heterocycles. The molecule has 1 fully saturated rings. The van der Waals surface area contributed by atoms with E-state index >= 15 is 0 Å². The quantitative estimate of drug-likeness (QED) is 0.926. The number of fused-ring (bicyclic) bond motifs is 1. The summed E-state index contributed by atoms with van der Waals surface area (Å²) in [6.45, 7) is 6.54. The van der Waals surface area contributed by atoms with Crippen LogP contribution in [0.25, 0.3) is 0 Å². The topological polar surface area (TPSA) is 39.7 Å². The lowest BCUT2D eigenvalue weighted by atomic mass is 9.89. The van der Waals surface area contributed by atoms with Crippen molar-refractivity contribution in [1.82, 2.24) is 5.32 Å². The lowest BCUT2D eigenvalue weighted by Crippen LogP contribution is -2.47. The fraction of sp³-hybridized carbons (Fsp3) is 0.647. The molecule has 0 radical (unpaired) electrons. The first kappa shape index (κ1) is 14.8. The summed E-state index contributed by atoms with van der Waals surface area (Å²) in [4.78, 5) is 0. The third kappa shape index (κ3) is 3.07. The molecular weight excluding hydrogens is 266 g/mol. The summed E-state index contributed by atoms with van der Waals surface area (Å²) in [7, 11) is 1.78. The summed E-state index contributed by atoms with van der Waals surface area (Å²) < 4.78 is 17.3. The third-order valence-corrected chi connectivity index (χ3v) is 4.55. The van der Waals surface area contributed by atoms with Gasteiger partial charge in [0.05, 0.1) is 6.61 Å². The fourth-order valence-corrected chi connectivity index (χ4v) is 3.25. The minimum Gasteiger partial charge on any atom is -0.487 e. The van der Waals surface area contributed by atoms with Crippen molar-refractivity contribution in [3.05, 3.63) is 29.8 Å². The van der Waals surface area contributed by atoms with Crippen molar-refractivity contribution in [1.29, 1.82) is 0 Å².